The number of rotatable bonds is 4. The Balaban J connectivity index is 2.03. The molecule has 1 aliphatic carbocycles. The SMILES string of the molecule is Nc1ccc(F)c(C(=O)NCC2(CO)CCCC2)c1. The number of carbonyl (C=O) groups excluding carboxylic acids is 1. The Morgan fingerprint density at radius 3 is 2.74 bits per heavy atom. The molecule has 0 atom stereocenters. The zero-order chi connectivity index (χ0) is 13.9. The lowest BCUT2D eigenvalue weighted by molar-refractivity contribution is 0.0877. The van der Waals surface area contributed by atoms with Crippen molar-refractivity contribution in [3.63, 3.8) is 0 Å². The molecule has 1 amide bonds. The van der Waals surface area contributed by atoms with Crippen LogP contribution in [-0.2, 0) is 0 Å². The standard InChI is InChI=1S/C14H19FN2O2/c15-12-4-3-10(16)7-11(12)13(19)17-8-14(9-18)5-1-2-6-14/h3-4,7,18H,1-2,5-6,8-9,16H2,(H,17,19). The van der Waals surface area contributed by atoms with Crippen LogP contribution in [0.4, 0.5) is 10.1 Å². The maximum atomic E-state index is 13.5. The van der Waals surface area contributed by atoms with E-state index in [9.17, 15) is 14.3 Å². The summed E-state index contributed by atoms with van der Waals surface area (Å²) in [6.07, 6.45) is 3.90. The monoisotopic (exact) mass is 266 g/mol. The van der Waals surface area contributed by atoms with E-state index in [1.807, 2.05) is 0 Å². The molecule has 0 saturated heterocycles. The Labute approximate surface area is 111 Å². The third-order valence-corrected chi connectivity index (χ3v) is 3.86. The molecule has 0 bridgehead atoms. The first-order valence-electron chi connectivity index (χ1n) is 6.50. The molecule has 1 aromatic rings. The second-order valence-corrected chi connectivity index (χ2v) is 5.29. The Hall–Kier alpha value is -1.62. The van der Waals surface area contributed by atoms with Crippen molar-refractivity contribution < 1.29 is 14.3 Å². The molecule has 0 aliphatic heterocycles. The number of carbonyl (C=O) groups is 1. The lowest BCUT2D eigenvalue weighted by Gasteiger charge is -2.26. The fraction of sp³-hybridized carbons (Fsp3) is 0.500. The van der Waals surface area contributed by atoms with Crippen LogP contribution in [0.1, 0.15) is 36.0 Å². The minimum Gasteiger partial charge on any atom is -0.399 e. The fourth-order valence-corrected chi connectivity index (χ4v) is 2.60. The highest BCUT2D eigenvalue weighted by atomic mass is 19.1. The topological polar surface area (TPSA) is 75.4 Å². The van der Waals surface area contributed by atoms with Crippen molar-refractivity contribution >= 4 is 11.6 Å². The molecular formula is C14H19FN2O2. The van der Waals surface area contributed by atoms with Crippen molar-refractivity contribution in [2.75, 3.05) is 18.9 Å². The Bertz CT molecular complexity index is 471. The number of hydrogen-bond donors (Lipinski definition) is 3. The molecule has 1 aromatic carbocycles. The number of aliphatic hydroxyl groups is 1. The number of nitrogens with one attached hydrogen (secondary N) is 1. The van der Waals surface area contributed by atoms with E-state index in [1.165, 1.54) is 18.2 Å². The summed E-state index contributed by atoms with van der Waals surface area (Å²) in [6, 6.07) is 3.92. The molecule has 1 saturated carbocycles. The summed E-state index contributed by atoms with van der Waals surface area (Å²) < 4.78 is 13.5. The van der Waals surface area contributed by atoms with Crippen LogP contribution in [0.3, 0.4) is 0 Å². The first kappa shape index (κ1) is 13.8. The highest BCUT2D eigenvalue weighted by molar-refractivity contribution is 5.95. The molecule has 0 radical (unpaired) electrons. The van der Waals surface area contributed by atoms with Crippen LogP contribution in [0.5, 0.6) is 0 Å². The van der Waals surface area contributed by atoms with Crippen molar-refractivity contribution in [1.82, 2.24) is 5.32 Å². The van der Waals surface area contributed by atoms with Crippen molar-refractivity contribution in [1.29, 1.82) is 0 Å². The molecule has 0 spiro atoms. The predicted molar refractivity (Wildman–Crippen MR) is 71.1 cm³/mol. The number of amides is 1. The third kappa shape index (κ3) is 3.04. The van der Waals surface area contributed by atoms with Crippen molar-refractivity contribution in [3.05, 3.63) is 29.6 Å². The zero-order valence-corrected chi connectivity index (χ0v) is 10.8. The summed E-state index contributed by atoms with van der Waals surface area (Å²) in [4.78, 5) is 11.9. The van der Waals surface area contributed by atoms with Gasteiger partial charge in [0.2, 0.25) is 0 Å². The second kappa shape index (κ2) is 5.57. The van der Waals surface area contributed by atoms with Crippen LogP contribution in [0.15, 0.2) is 18.2 Å². The molecule has 1 fully saturated rings. The van der Waals surface area contributed by atoms with Gasteiger partial charge >= 0.3 is 0 Å². The molecular weight excluding hydrogens is 247 g/mol. The maximum Gasteiger partial charge on any atom is 0.254 e. The summed E-state index contributed by atoms with van der Waals surface area (Å²) >= 11 is 0. The molecule has 19 heavy (non-hydrogen) atoms. The van der Waals surface area contributed by atoms with Gasteiger partial charge in [0.25, 0.3) is 5.91 Å². The number of aliphatic hydroxyl groups excluding tert-OH is 1. The first-order chi connectivity index (χ1) is 9.06. The number of hydrogen-bond acceptors (Lipinski definition) is 3. The largest absolute Gasteiger partial charge is 0.399 e. The summed E-state index contributed by atoms with van der Waals surface area (Å²) in [7, 11) is 0. The molecule has 0 unspecified atom stereocenters. The molecule has 4 N–H and O–H groups in total. The molecule has 2 rings (SSSR count). The van der Waals surface area contributed by atoms with Gasteiger partial charge in [-0.15, -0.1) is 0 Å². The number of anilines is 1. The Morgan fingerprint density at radius 1 is 1.42 bits per heavy atom. The van der Waals surface area contributed by atoms with Crippen molar-refractivity contribution in [2.24, 2.45) is 5.41 Å². The van der Waals surface area contributed by atoms with E-state index >= 15 is 0 Å². The highest BCUT2D eigenvalue weighted by Gasteiger charge is 2.33. The minimum atomic E-state index is -0.587. The zero-order valence-electron chi connectivity index (χ0n) is 10.8. The highest BCUT2D eigenvalue weighted by Crippen LogP contribution is 2.36. The number of nitrogen functional groups attached to an aromatic ring is 1. The molecule has 0 aromatic heterocycles. The lowest BCUT2D eigenvalue weighted by atomic mass is 9.87. The predicted octanol–water partition coefficient (Wildman–Crippen LogP) is 1.69. The maximum absolute atomic E-state index is 13.5. The lowest BCUT2D eigenvalue weighted by Crippen LogP contribution is -2.38. The third-order valence-electron chi connectivity index (χ3n) is 3.86. The van der Waals surface area contributed by atoms with Crippen LogP contribution in [-0.4, -0.2) is 24.2 Å². The van der Waals surface area contributed by atoms with E-state index in [-0.39, 0.29) is 17.6 Å². The Kier molecular flexibility index (Phi) is 4.04. The van der Waals surface area contributed by atoms with E-state index in [4.69, 9.17) is 5.73 Å². The van der Waals surface area contributed by atoms with Gasteiger partial charge in [-0.3, -0.25) is 4.79 Å². The molecule has 1 aliphatic rings. The van der Waals surface area contributed by atoms with Gasteiger partial charge in [0.05, 0.1) is 12.2 Å². The van der Waals surface area contributed by atoms with E-state index < -0.39 is 11.7 Å². The fourth-order valence-electron chi connectivity index (χ4n) is 2.60. The molecule has 104 valence electrons. The minimum absolute atomic E-state index is 0.0483. The molecule has 5 heteroatoms. The molecule has 4 nitrogen and oxygen atoms in total. The van der Waals surface area contributed by atoms with E-state index in [1.54, 1.807) is 0 Å². The first-order valence-corrected chi connectivity index (χ1v) is 6.50. The number of benzene rings is 1. The van der Waals surface area contributed by atoms with Crippen LogP contribution < -0.4 is 11.1 Å². The van der Waals surface area contributed by atoms with Gasteiger partial charge < -0.3 is 16.2 Å². The van der Waals surface area contributed by atoms with Crippen LogP contribution in [0.2, 0.25) is 0 Å². The van der Waals surface area contributed by atoms with Crippen molar-refractivity contribution in [2.45, 2.75) is 25.7 Å². The summed E-state index contributed by atoms with van der Waals surface area (Å²) in [5, 5.41) is 12.2. The quantitative estimate of drug-likeness (QED) is 0.726. The summed E-state index contributed by atoms with van der Waals surface area (Å²) in [5.74, 6) is -1.07. The number of halogens is 1. The molecule has 0 heterocycles. The normalized spacial score (nSPS) is 17.4. The van der Waals surface area contributed by atoms with Crippen LogP contribution >= 0.6 is 0 Å². The summed E-state index contributed by atoms with van der Waals surface area (Å²) in [5.41, 5.74) is 5.61. The smallest absolute Gasteiger partial charge is 0.254 e. The van der Waals surface area contributed by atoms with Gasteiger partial charge in [-0.1, -0.05) is 12.8 Å². The second-order valence-electron chi connectivity index (χ2n) is 5.29. The van der Waals surface area contributed by atoms with Gasteiger partial charge in [0, 0.05) is 17.6 Å². The Morgan fingerprint density at radius 2 is 2.11 bits per heavy atom. The van der Waals surface area contributed by atoms with E-state index in [2.05, 4.69) is 5.32 Å². The van der Waals surface area contributed by atoms with Crippen LogP contribution in [0, 0.1) is 11.2 Å². The average Bonchev–Trinajstić information content (AvgIpc) is 2.88. The summed E-state index contributed by atoms with van der Waals surface area (Å²) in [6.45, 7) is 0.420. The van der Waals surface area contributed by atoms with Gasteiger partial charge in [-0.05, 0) is 31.0 Å². The number of nitrogens with two attached hydrogens (primary N) is 1. The van der Waals surface area contributed by atoms with Crippen molar-refractivity contribution in [3.8, 4) is 0 Å². The van der Waals surface area contributed by atoms with Gasteiger partial charge in [0.15, 0.2) is 0 Å². The van der Waals surface area contributed by atoms with E-state index in [0.29, 0.717) is 12.2 Å². The van der Waals surface area contributed by atoms with Crippen LogP contribution in [0.25, 0.3) is 0 Å². The average molecular weight is 266 g/mol. The van der Waals surface area contributed by atoms with E-state index in [0.717, 1.165) is 25.7 Å². The van der Waals surface area contributed by atoms with Gasteiger partial charge in [-0.25, -0.2) is 4.39 Å². The van der Waals surface area contributed by atoms with Gasteiger partial charge in [0.1, 0.15) is 5.82 Å². The van der Waals surface area contributed by atoms with Gasteiger partial charge in [-0.2, -0.15) is 0 Å².